The molecule has 12 heteroatoms. The summed E-state index contributed by atoms with van der Waals surface area (Å²) in [5.74, 6) is 0.134. The number of methoxy groups -OCH3 is 1. The first-order chi connectivity index (χ1) is 18.9. The highest BCUT2D eigenvalue weighted by atomic mass is 32.2. The normalized spacial score (nSPS) is 13.7. The second kappa shape index (κ2) is 11.0. The van der Waals surface area contributed by atoms with Crippen molar-refractivity contribution in [3.63, 3.8) is 0 Å². The van der Waals surface area contributed by atoms with Crippen LogP contribution in [0.3, 0.4) is 0 Å². The lowest BCUT2D eigenvalue weighted by molar-refractivity contribution is 0.0631. The van der Waals surface area contributed by atoms with Gasteiger partial charge in [0.1, 0.15) is 10.6 Å². The van der Waals surface area contributed by atoms with Gasteiger partial charge >= 0.3 is 6.09 Å². The number of ether oxygens (including phenoxy) is 2. The van der Waals surface area contributed by atoms with Crippen LogP contribution in [0.25, 0.3) is 10.9 Å². The van der Waals surface area contributed by atoms with Crippen molar-refractivity contribution >= 4 is 38.6 Å². The Morgan fingerprint density at radius 2 is 1.62 bits per heavy atom. The minimum atomic E-state index is -4.00. The van der Waals surface area contributed by atoms with E-state index in [2.05, 4.69) is 14.7 Å². The van der Waals surface area contributed by atoms with Crippen molar-refractivity contribution in [1.82, 2.24) is 19.8 Å². The van der Waals surface area contributed by atoms with E-state index in [1.54, 1.807) is 47.4 Å². The van der Waals surface area contributed by atoms with Crippen LogP contribution in [0.5, 0.6) is 11.6 Å². The smallest absolute Gasteiger partial charge is 0.416 e. The molecule has 1 saturated heterocycles. The van der Waals surface area contributed by atoms with Gasteiger partial charge in [0.2, 0.25) is 5.88 Å². The first-order valence-electron chi connectivity index (χ1n) is 12.1. The molecule has 11 nitrogen and oxygen atoms in total. The van der Waals surface area contributed by atoms with Crippen LogP contribution in [0, 0.1) is 0 Å². The fourth-order valence-electron chi connectivity index (χ4n) is 4.24. The number of hydrogen-bond acceptors (Lipinski definition) is 8. The number of nitrogens with zero attached hydrogens (tertiary/aromatic N) is 4. The number of amides is 2. The highest BCUT2D eigenvalue weighted by molar-refractivity contribution is 7.93. The van der Waals surface area contributed by atoms with Crippen LogP contribution >= 0.6 is 0 Å². The molecule has 0 atom stereocenters. The Labute approximate surface area is 225 Å². The summed E-state index contributed by atoms with van der Waals surface area (Å²) in [7, 11) is -2.61. The van der Waals surface area contributed by atoms with Gasteiger partial charge in [0.25, 0.3) is 15.9 Å². The lowest BCUT2D eigenvalue weighted by atomic mass is 10.1. The van der Waals surface area contributed by atoms with Gasteiger partial charge in [-0.05, 0) is 36.4 Å². The topological polar surface area (TPSA) is 131 Å². The zero-order valence-electron chi connectivity index (χ0n) is 21.0. The molecule has 1 N–H and O–H groups in total. The van der Waals surface area contributed by atoms with Crippen molar-refractivity contribution < 1.29 is 27.5 Å². The Balaban J connectivity index is 1.27. The minimum absolute atomic E-state index is 0.0299. The van der Waals surface area contributed by atoms with Crippen LogP contribution in [0.4, 0.5) is 10.5 Å². The monoisotopic (exact) mass is 547 g/mol. The van der Waals surface area contributed by atoms with Gasteiger partial charge in [0.15, 0.2) is 0 Å². The molecule has 200 valence electrons. The van der Waals surface area contributed by atoms with E-state index in [0.29, 0.717) is 42.6 Å². The second-order valence-corrected chi connectivity index (χ2v) is 10.3. The Morgan fingerprint density at radius 1 is 0.872 bits per heavy atom. The summed E-state index contributed by atoms with van der Waals surface area (Å²) in [6, 6.07) is 18.0. The van der Waals surface area contributed by atoms with Gasteiger partial charge in [0, 0.05) is 55.6 Å². The number of aromatic nitrogens is 2. The van der Waals surface area contributed by atoms with E-state index in [4.69, 9.17) is 9.47 Å². The Morgan fingerprint density at radius 3 is 2.36 bits per heavy atom. The molecule has 0 saturated carbocycles. The van der Waals surface area contributed by atoms with Gasteiger partial charge in [0.05, 0.1) is 18.3 Å². The first-order valence-corrected chi connectivity index (χ1v) is 13.6. The molecule has 3 heterocycles. The van der Waals surface area contributed by atoms with Crippen LogP contribution in [0.2, 0.25) is 0 Å². The standard InChI is InChI=1S/C27H25N5O6S/c1-37-22-18-20(26(33)31-14-16-32(17-15-31)27(34)38-24-9-2-3-12-28-24)10-11-21(22)30-39(35,36)23-8-4-6-19-7-5-13-29-25(19)23/h2-13,18,30H,14-17H2,1H3. The number of carbonyl (C=O) groups excluding carboxylic acids is 2. The van der Waals surface area contributed by atoms with Crippen molar-refractivity contribution in [3.05, 3.63) is 84.7 Å². The van der Waals surface area contributed by atoms with Crippen LogP contribution in [-0.4, -0.2) is 73.5 Å². The van der Waals surface area contributed by atoms with E-state index in [0.717, 1.165) is 0 Å². The number of anilines is 1. The van der Waals surface area contributed by atoms with E-state index in [1.165, 1.54) is 48.7 Å². The number of pyridine rings is 2. The van der Waals surface area contributed by atoms with Gasteiger partial charge < -0.3 is 19.3 Å². The number of piperazine rings is 1. The molecular weight excluding hydrogens is 522 g/mol. The van der Waals surface area contributed by atoms with E-state index < -0.39 is 16.1 Å². The molecule has 2 aromatic heterocycles. The average molecular weight is 548 g/mol. The zero-order valence-corrected chi connectivity index (χ0v) is 21.8. The molecule has 0 aliphatic carbocycles. The number of rotatable bonds is 6. The quantitative estimate of drug-likeness (QED) is 0.389. The molecule has 5 rings (SSSR count). The number of sulfonamides is 1. The molecule has 2 amide bonds. The van der Waals surface area contributed by atoms with Gasteiger partial charge in [-0.25, -0.2) is 18.2 Å². The van der Waals surface area contributed by atoms with E-state index in [9.17, 15) is 18.0 Å². The number of para-hydroxylation sites is 1. The zero-order chi connectivity index (χ0) is 27.4. The van der Waals surface area contributed by atoms with Gasteiger partial charge in [-0.15, -0.1) is 0 Å². The van der Waals surface area contributed by atoms with Crippen molar-refractivity contribution in [1.29, 1.82) is 0 Å². The molecule has 2 aromatic carbocycles. The summed E-state index contributed by atoms with van der Waals surface area (Å²) in [6.07, 6.45) is 2.54. The average Bonchev–Trinajstić information content (AvgIpc) is 2.97. The highest BCUT2D eigenvalue weighted by Crippen LogP contribution is 2.30. The van der Waals surface area contributed by atoms with Crippen molar-refractivity contribution in [3.8, 4) is 11.6 Å². The fraction of sp³-hybridized carbons (Fsp3) is 0.185. The van der Waals surface area contributed by atoms with Crippen LogP contribution in [0.1, 0.15) is 10.4 Å². The largest absolute Gasteiger partial charge is 0.495 e. The first kappa shape index (κ1) is 25.9. The van der Waals surface area contributed by atoms with E-state index in [-0.39, 0.29) is 28.1 Å². The molecule has 0 spiro atoms. The van der Waals surface area contributed by atoms with Crippen LogP contribution in [0.15, 0.2) is 84.0 Å². The number of fused-ring (bicyclic) bond motifs is 1. The third-order valence-corrected chi connectivity index (χ3v) is 7.63. The highest BCUT2D eigenvalue weighted by Gasteiger charge is 2.27. The Bertz CT molecular complexity index is 1620. The van der Waals surface area contributed by atoms with Crippen LogP contribution < -0.4 is 14.2 Å². The summed E-state index contributed by atoms with van der Waals surface area (Å²) >= 11 is 0. The SMILES string of the molecule is COc1cc(C(=O)N2CCN(C(=O)Oc3ccccn3)CC2)ccc1NS(=O)(=O)c1cccc2cccnc12. The third kappa shape index (κ3) is 5.60. The van der Waals surface area contributed by atoms with Crippen LogP contribution in [-0.2, 0) is 10.0 Å². The number of carbonyl (C=O) groups is 2. The molecule has 1 fully saturated rings. The molecule has 4 aromatic rings. The van der Waals surface area contributed by atoms with Gasteiger partial charge in [-0.1, -0.05) is 24.3 Å². The number of nitrogens with one attached hydrogen (secondary N) is 1. The summed E-state index contributed by atoms with van der Waals surface area (Å²) in [5.41, 5.74) is 0.858. The summed E-state index contributed by atoms with van der Waals surface area (Å²) < 4.78 is 39.7. The molecule has 0 bridgehead atoms. The summed E-state index contributed by atoms with van der Waals surface area (Å²) in [4.78, 5) is 36.9. The minimum Gasteiger partial charge on any atom is -0.495 e. The molecule has 0 unspecified atom stereocenters. The predicted octanol–water partition coefficient (Wildman–Crippen LogP) is 3.40. The van der Waals surface area contributed by atoms with Crippen molar-refractivity contribution in [2.24, 2.45) is 0 Å². The third-order valence-electron chi connectivity index (χ3n) is 6.23. The lowest BCUT2D eigenvalue weighted by Crippen LogP contribution is -2.51. The predicted molar refractivity (Wildman–Crippen MR) is 143 cm³/mol. The van der Waals surface area contributed by atoms with Crippen molar-refractivity contribution in [2.75, 3.05) is 38.0 Å². The number of hydrogen-bond donors (Lipinski definition) is 1. The van der Waals surface area contributed by atoms with E-state index >= 15 is 0 Å². The molecule has 1 aliphatic heterocycles. The Hall–Kier alpha value is -4.71. The maximum Gasteiger partial charge on any atom is 0.416 e. The fourth-order valence-corrected chi connectivity index (χ4v) is 5.49. The molecule has 0 radical (unpaired) electrons. The number of benzene rings is 2. The molecule has 1 aliphatic rings. The van der Waals surface area contributed by atoms with Gasteiger partial charge in [-0.3, -0.25) is 14.5 Å². The second-order valence-electron chi connectivity index (χ2n) is 8.67. The Kier molecular flexibility index (Phi) is 7.28. The molecule has 39 heavy (non-hydrogen) atoms. The molecular formula is C27H25N5O6S. The van der Waals surface area contributed by atoms with Crippen molar-refractivity contribution in [2.45, 2.75) is 4.90 Å². The maximum absolute atomic E-state index is 13.2. The summed E-state index contributed by atoms with van der Waals surface area (Å²) in [5, 5.41) is 0.693. The van der Waals surface area contributed by atoms with E-state index in [1.807, 2.05) is 0 Å². The maximum atomic E-state index is 13.2. The summed E-state index contributed by atoms with van der Waals surface area (Å²) in [6.45, 7) is 1.21. The van der Waals surface area contributed by atoms with Gasteiger partial charge in [-0.2, -0.15) is 0 Å². The lowest BCUT2D eigenvalue weighted by Gasteiger charge is -2.34.